The van der Waals surface area contributed by atoms with Gasteiger partial charge in [0.1, 0.15) is 0 Å². The summed E-state index contributed by atoms with van der Waals surface area (Å²) in [5, 5.41) is 3.09. The summed E-state index contributed by atoms with van der Waals surface area (Å²) in [5.41, 5.74) is 2.38. The third-order valence-corrected chi connectivity index (χ3v) is 12.1. The molecule has 1 nitrogen and oxygen atoms in total. The van der Waals surface area contributed by atoms with E-state index in [2.05, 4.69) is 79.8 Å². The van der Waals surface area contributed by atoms with Gasteiger partial charge in [0.25, 0.3) is 0 Å². The van der Waals surface area contributed by atoms with Crippen LogP contribution in [-0.2, 0) is 0 Å². The van der Waals surface area contributed by atoms with Gasteiger partial charge in [-0.2, -0.15) is 0 Å². The predicted octanol–water partition coefficient (Wildman–Crippen LogP) is 6.41. The maximum atomic E-state index is 2.99. The molecule has 140 valence electrons. The van der Waals surface area contributed by atoms with E-state index in [-0.39, 0.29) is 8.07 Å². The van der Waals surface area contributed by atoms with E-state index < -0.39 is 8.07 Å². The van der Waals surface area contributed by atoms with Crippen LogP contribution in [0.5, 0.6) is 0 Å². The summed E-state index contributed by atoms with van der Waals surface area (Å²) in [5.74, 6) is 0. The van der Waals surface area contributed by atoms with Crippen molar-refractivity contribution in [1.29, 1.82) is 0 Å². The van der Waals surface area contributed by atoms with Crippen molar-refractivity contribution in [1.82, 2.24) is 4.44 Å². The quantitative estimate of drug-likeness (QED) is 0.474. The molecule has 0 radical (unpaired) electrons. The van der Waals surface area contributed by atoms with Crippen LogP contribution in [0, 0.1) is 6.92 Å². The molecule has 1 heterocycles. The van der Waals surface area contributed by atoms with Crippen molar-refractivity contribution in [2.24, 2.45) is 0 Å². The number of unbranched alkanes of at least 4 members (excludes halogenated alkanes) is 1. The summed E-state index contributed by atoms with van der Waals surface area (Å²) >= 11 is 0. The highest BCUT2D eigenvalue weighted by Crippen LogP contribution is 2.63. The Morgan fingerprint density at radius 2 is 1.77 bits per heavy atom. The van der Waals surface area contributed by atoms with Crippen molar-refractivity contribution in [3.05, 3.63) is 60.2 Å². The summed E-state index contributed by atoms with van der Waals surface area (Å²) in [6, 6.07) is 20.4. The van der Waals surface area contributed by atoms with E-state index in [1.807, 2.05) is 0 Å². The molecule has 0 amide bonds. The lowest BCUT2D eigenvalue weighted by Crippen LogP contribution is -2.29. The molecule has 0 aromatic heterocycles. The van der Waals surface area contributed by atoms with Crippen LogP contribution < -0.4 is 10.6 Å². The number of benzene rings is 2. The number of aryl methyl sites for hydroxylation is 1. The molecule has 1 fully saturated rings. The molecule has 0 spiro atoms. The minimum atomic E-state index is -0.428. The van der Waals surface area contributed by atoms with Gasteiger partial charge in [0.2, 0.25) is 0 Å². The molecule has 3 heteroatoms. The second kappa shape index (κ2) is 9.98. The molecule has 1 aliphatic heterocycles. The van der Waals surface area contributed by atoms with Gasteiger partial charge in [0.05, 0.1) is 0 Å². The Labute approximate surface area is 162 Å². The summed E-state index contributed by atoms with van der Waals surface area (Å²) in [6.45, 7) is 8.29. The number of hydrogen-bond acceptors (Lipinski definition) is 1. The second-order valence-electron chi connectivity index (χ2n) is 7.25. The van der Waals surface area contributed by atoms with Gasteiger partial charge in [-0.1, -0.05) is 74.9 Å². The first-order valence-corrected chi connectivity index (χ1v) is 13.0. The van der Waals surface area contributed by atoms with E-state index in [0.717, 1.165) is 5.66 Å². The van der Waals surface area contributed by atoms with Gasteiger partial charge in [-0.15, -0.1) is 0 Å². The van der Waals surface area contributed by atoms with Crippen molar-refractivity contribution in [3.8, 4) is 0 Å². The smallest absolute Gasteiger partial charge is 0.0320 e. The van der Waals surface area contributed by atoms with E-state index in [4.69, 9.17) is 0 Å². The topological polar surface area (TPSA) is 3.24 Å². The van der Waals surface area contributed by atoms with Gasteiger partial charge < -0.3 is 0 Å². The van der Waals surface area contributed by atoms with Gasteiger partial charge in [0, 0.05) is 14.6 Å². The van der Waals surface area contributed by atoms with Crippen molar-refractivity contribution in [3.63, 3.8) is 0 Å². The highest BCUT2D eigenvalue weighted by Gasteiger charge is 2.36. The van der Waals surface area contributed by atoms with E-state index in [1.165, 1.54) is 55.7 Å². The van der Waals surface area contributed by atoms with Crippen LogP contribution >= 0.6 is 16.1 Å². The Morgan fingerprint density at radius 3 is 2.46 bits per heavy atom. The lowest BCUT2D eigenvalue weighted by molar-refractivity contribution is 0.631. The molecule has 3 rings (SSSR count). The maximum absolute atomic E-state index is 2.99. The largest absolute Gasteiger partial charge is 0.252 e. The van der Waals surface area contributed by atoms with Crippen LogP contribution in [0.4, 0.5) is 0 Å². The second-order valence-corrected chi connectivity index (χ2v) is 12.2. The Kier molecular flexibility index (Phi) is 7.68. The minimum Gasteiger partial charge on any atom is -0.252 e. The van der Waals surface area contributed by atoms with E-state index in [0.29, 0.717) is 0 Å². The Morgan fingerprint density at radius 1 is 1.04 bits per heavy atom. The fraction of sp³-hybridized carbons (Fsp3) is 0.478. The summed E-state index contributed by atoms with van der Waals surface area (Å²) in [6.07, 6.45) is 8.25. The van der Waals surface area contributed by atoms with Gasteiger partial charge in [-0.3, -0.25) is 4.44 Å². The minimum absolute atomic E-state index is 0.0205. The van der Waals surface area contributed by atoms with Crippen molar-refractivity contribution >= 4 is 26.8 Å². The van der Waals surface area contributed by atoms with E-state index in [1.54, 1.807) is 5.30 Å². The first-order valence-electron chi connectivity index (χ1n) is 10.2. The molecular formula is C23H33NP2. The molecule has 0 saturated carbocycles. The molecule has 2 aromatic carbocycles. The van der Waals surface area contributed by atoms with Crippen LogP contribution in [0.15, 0.2) is 54.6 Å². The lowest BCUT2D eigenvalue weighted by atomic mass is 10.2. The van der Waals surface area contributed by atoms with Crippen LogP contribution in [0.25, 0.3) is 0 Å². The van der Waals surface area contributed by atoms with Crippen molar-refractivity contribution in [2.45, 2.75) is 58.5 Å². The highest BCUT2D eigenvalue weighted by molar-refractivity contribution is 7.79. The molecule has 3 atom stereocenters. The molecule has 1 aliphatic rings. The zero-order valence-corrected chi connectivity index (χ0v) is 18.4. The average molecular weight is 385 g/mol. The van der Waals surface area contributed by atoms with Crippen molar-refractivity contribution in [2.75, 3.05) is 12.7 Å². The molecule has 0 N–H and O–H groups in total. The van der Waals surface area contributed by atoms with Gasteiger partial charge in [0.15, 0.2) is 0 Å². The first-order chi connectivity index (χ1) is 12.8. The van der Waals surface area contributed by atoms with Crippen molar-refractivity contribution < 1.29 is 0 Å². The average Bonchev–Trinajstić information content (AvgIpc) is 3.15. The molecule has 1 saturated heterocycles. The van der Waals surface area contributed by atoms with Crippen LogP contribution in [-0.4, -0.2) is 22.8 Å². The van der Waals surface area contributed by atoms with Crippen LogP contribution in [0.3, 0.4) is 0 Å². The van der Waals surface area contributed by atoms with Crippen LogP contribution in [0.2, 0.25) is 0 Å². The number of rotatable bonds is 8. The third kappa shape index (κ3) is 4.56. The summed E-state index contributed by atoms with van der Waals surface area (Å²) < 4.78 is 2.99. The van der Waals surface area contributed by atoms with E-state index >= 15 is 0 Å². The van der Waals surface area contributed by atoms with Gasteiger partial charge in [-0.05, 0) is 68.7 Å². The fourth-order valence-electron chi connectivity index (χ4n) is 3.95. The molecule has 2 unspecified atom stereocenters. The van der Waals surface area contributed by atoms with Gasteiger partial charge >= 0.3 is 0 Å². The third-order valence-electron chi connectivity index (χ3n) is 5.40. The Bertz CT molecular complexity index is 673. The molecule has 0 aliphatic carbocycles. The zero-order valence-electron chi connectivity index (χ0n) is 16.6. The van der Waals surface area contributed by atoms with Crippen LogP contribution in [0.1, 0.15) is 51.5 Å². The highest BCUT2D eigenvalue weighted by atomic mass is 31.2. The lowest BCUT2D eigenvalue weighted by Gasteiger charge is -2.40. The normalized spacial score (nSPS) is 21.2. The number of nitrogens with zero attached hydrogens (tertiary/aromatic N) is 1. The summed E-state index contributed by atoms with van der Waals surface area (Å²) in [4.78, 5) is 0. The Hall–Kier alpha value is -0.740. The monoisotopic (exact) mass is 385 g/mol. The first kappa shape index (κ1) is 20.0. The summed E-state index contributed by atoms with van der Waals surface area (Å²) in [7, 11) is -0.449. The SMILES string of the molecule is CCCCN(P(c1ccccc1)c1ccccc1C)P1CCC[C@H]1CC. The fourth-order valence-corrected chi connectivity index (χ4v) is 11.2. The molecule has 0 bridgehead atoms. The van der Waals surface area contributed by atoms with E-state index in [9.17, 15) is 0 Å². The molecular weight excluding hydrogens is 352 g/mol. The van der Waals surface area contributed by atoms with Gasteiger partial charge in [-0.25, -0.2) is 0 Å². The predicted molar refractivity (Wildman–Crippen MR) is 121 cm³/mol. The maximum Gasteiger partial charge on any atom is 0.0320 e. The zero-order chi connectivity index (χ0) is 18.4. The standard InChI is InChI=1S/C23H33NP2/c1-4-6-18-24(25-19-12-16-21(25)5-2)26(22-14-8-7-9-15-22)23-17-11-10-13-20(23)3/h7-11,13-15,17,21H,4-6,12,16,18-19H2,1-3H3/t21-,25?,26?/m1/s1. The number of hydrogen-bond donors (Lipinski definition) is 0. The molecule has 2 aromatic rings. The molecule has 26 heavy (non-hydrogen) atoms. The Balaban J connectivity index is 2.05.